The van der Waals surface area contributed by atoms with Gasteiger partial charge in [0.15, 0.2) is 0 Å². The van der Waals surface area contributed by atoms with Crippen molar-refractivity contribution in [2.75, 3.05) is 20.2 Å². The third kappa shape index (κ3) is 5.33. The van der Waals surface area contributed by atoms with Crippen molar-refractivity contribution in [3.8, 4) is 0 Å². The van der Waals surface area contributed by atoms with Gasteiger partial charge in [0.05, 0.1) is 13.2 Å². The summed E-state index contributed by atoms with van der Waals surface area (Å²) in [5.41, 5.74) is 0. The minimum absolute atomic E-state index is 0.0704. The monoisotopic (exact) mass is 230 g/mol. The second kappa shape index (κ2) is 6.81. The molecule has 0 radical (unpaired) electrons. The zero-order valence-corrected chi connectivity index (χ0v) is 10.1. The largest absolute Gasteiger partial charge is 0.464 e. The zero-order chi connectivity index (χ0) is 12.7. The lowest BCUT2D eigenvalue weighted by atomic mass is 10.3. The number of hydrogen-bond donors (Lipinski definition) is 1. The second-order valence-corrected chi connectivity index (χ2v) is 3.42. The van der Waals surface area contributed by atoms with Crippen molar-refractivity contribution in [1.82, 2.24) is 10.2 Å². The van der Waals surface area contributed by atoms with Crippen LogP contribution in [0.15, 0.2) is 0 Å². The molecular formula is C10H18N2O4. The Kier molecular flexibility index (Phi) is 6.14. The molecule has 0 aliphatic carbocycles. The first-order chi connectivity index (χ1) is 7.38. The summed E-state index contributed by atoms with van der Waals surface area (Å²) >= 11 is 0. The maximum Gasteiger partial charge on any atom is 0.328 e. The molecule has 0 aromatic heterocycles. The van der Waals surface area contributed by atoms with Gasteiger partial charge in [-0.25, -0.2) is 4.79 Å². The third-order valence-corrected chi connectivity index (χ3v) is 1.94. The van der Waals surface area contributed by atoms with Crippen LogP contribution < -0.4 is 5.32 Å². The quantitative estimate of drug-likeness (QED) is 0.648. The van der Waals surface area contributed by atoms with Crippen LogP contribution in [0.25, 0.3) is 0 Å². The first-order valence-electron chi connectivity index (χ1n) is 5.06. The minimum atomic E-state index is -0.701. The van der Waals surface area contributed by atoms with E-state index in [1.165, 1.54) is 25.8 Å². The van der Waals surface area contributed by atoms with Crippen LogP contribution in [-0.4, -0.2) is 48.9 Å². The highest BCUT2D eigenvalue weighted by atomic mass is 16.5. The number of likely N-dealkylation sites (N-methyl/N-ethyl adjacent to an activating group) is 1. The van der Waals surface area contributed by atoms with Gasteiger partial charge >= 0.3 is 5.97 Å². The highest BCUT2D eigenvalue weighted by Crippen LogP contribution is 1.89. The van der Waals surface area contributed by atoms with E-state index in [2.05, 4.69) is 5.32 Å². The van der Waals surface area contributed by atoms with Crippen LogP contribution in [0, 0.1) is 0 Å². The number of hydrogen-bond acceptors (Lipinski definition) is 4. The molecule has 16 heavy (non-hydrogen) atoms. The molecule has 0 bridgehead atoms. The van der Waals surface area contributed by atoms with Gasteiger partial charge in [-0.2, -0.15) is 0 Å². The SMILES string of the molecule is CCOC(=O)[C@H](C)NC(=O)CN(C)C(C)=O. The second-order valence-electron chi connectivity index (χ2n) is 3.42. The zero-order valence-electron chi connectivity index (χ0n) is 10.1. The van der Waals surface area contributed by atoms with Crippen molar-refractivity contribution in [2.24, 2.45) is 0 Å². The molecule has 6 nitrogen and oxygen atoms in total. The maximum absolute atomic E-state index is 11.4. The summed E-state index contributed by atoms with van der Waals surface area (Å²) in [6.07, 6.45) is 0. The fraction of sp³-hybridized carbons (Fsp3) is 0.700. The van der Waals surface area contributed by atoms with Crippen LogP contribution >= 0.6 is 0 Å². The Bertz CT molecular complexity index is 278. The molecule has 0 fully saturated rings. The Balaban J connectivity index is 4.05. The average molecular weight is 230 g/mol. The number of carbonyl (C=O) groups excluding carboxylic acids is 3. The molecular weight excluding hydrogens is 212 g/mol. The number of carbonyl (C=O) groups is 3. The van der Waals surface area contributed by atoms with Gasteiger partial charge < -0.3 is 15.0 Å². The molecule has 0 aromatic rings. The molecule has 0 aliphatic heterocycles. The molecule has 0 saturated carbocycles. The Hall–Kier alpha value is -1.59. The Morgan fingerprint density at radius 1 is 1.38 bits per heavy atom. The van der Waals surface area contributed by atoms with Gasteiger partial charge in [-0.05, 0) is 13.8 Å². The lowest BCUT2D eigenvalue weighted by Gasteiger charge is -2.17. The molecule has 1 N–H and O–H groups in total. The first kappa shape index (κ1) is 14.4. The van der Waals surface area contributed by atoms with Crippen LogP contribution in [0.1, 0.15) is 20.8 Å². The molecule has 0 heterocycles. The predicted octanol–water partition coefficient (Wildman–Crippen LogP) is -0.467. The summed E-state index contributed by atoms with van der Waals surface area (Å²) in [5.74, 6) is -1.08. The molecule has 0 spiro atoms. The normalized spacial score (nSPS) is 11.5. The molecule has 92 valence electrons. The summed E-state index contributed by atoms with van der Waals surface area (Å²) in [7, 11) is 1.51. The number of rotatable bonds is 5. The molecule has 6 heteroatoms. The maximum atomic E-state index is 11.4. The molecule has 1 atom stereocenters. The number of amides is 2. The van der Waals surface area contributed by atoms with Crippen molar-refractivity contribution in [3.63, 3.8) is 0 Å². The number of esters is 1. The number of nitrogens with zero attached hydrogens (tertiary/aromatic N) is 1. The van der Waals surface area contributed by atoms with Crippen LogP contribution in [0.4, 0.5) is 0 Å². The summed E-state index contributed by atoms with van der Waals surface area (Å²) in [4.78, 5) is 34.7. The number of nitrogens with one attached hydrogen (secondary N) is 1. The van der Waals surface area contributed by atoms with Gasteiger partial charge in [-0.3, -0.25) is 9.59 Å². The lowest BCUT2D eigenvalue weighted by Crippen LogP contribution is -2.44. The van der Waals surface area contributed by atoms with E-state index in [0.717, 1.165) is 0 Å². The van der Waals surface area contributed by atoms with Gasteiger partial charge in [-0.1, -0.05) is 0 Å². The Morgan fingerprint density at radius 3 is 2.38 bits per heavy atom. The van der Waals surface area contributed by atoms with Crippen LogP contribution in [-0.2, 0) is 19.1 Å². The highest BCUT2D eigenvalue weighted by Gasteiger charge is 2.17. The van der Waals surface area contributed by atoms with E-state index in [1.54, 1.807) is 6.92 Å². The summed E-state index contributed by atoms with van der Waals surface area (Å²) in [6.45, 7) is 4.78. The predicted molar refractivity (Wildman–Crippen MR) is 57.5 cm³/mol. The highest BCUT2D eigenvalue weighted by molar-refractivity contribution is 5.87. The van der Waals surface area contributed by atoms with Gasteiger partial charge in [-0.15, -0.1) is 0 Å². The molecule has 0 aromatic carbocycles. The van der Waals surface area contributed by atoms with Gasteiger partial charge in [0, 0.05) is 14.0 Å². The lowest BCUT2D eigenvalue weighted by molar-refractivity contribution is -0.147. The smallest absolute Gasteiger partial charge is 0.328 e. The Labute approximate surface area is 94.9 Å². The molecule has 0 saturated heterocycles. The van der Waals surface area contributed by atoms with Crippen molar-refractivity contribution in [1.29, 1.82) is 0 Å². The molecule has 0 aliphatic rings. The van der Waals surface area contributed by atoms with E-state index in [-0.39, 0.29) is 19.1 Å². The van der Waals surface area contributed by atoms with Crippen LogP contribution in [0.2, 0.25) is 0 Å². The van der Waals surface area contributed by atoms with Gasteiger partial charge in [0.25, 0.3) is 0 Å². The minimum Gasteiger partial charge on any atom is -0.464 e. The fourth-order valence-corrected chi connectivity index (χ4v) is 0.940. The molecule has 2 amide bonds. The van der Waals surface area contributed by atoms with Gasteiger partial charge in [0.1, 0.15) is 6.04 Å². The number of ether oxygens (including phenoxy) is 1. The van der Waals surface area contributed by atoms with E-state index >= 15 is 0 Å². The topological polar surface area (TPSA) is 75.7 Å². The van der Waals surface area contributed by atoms with E-state index in [0.29, 0.717) is 0 Å². The van der Waals surface area contributed by atoms with Crippen molar-refractivity contribution < 1.29 is 19.1 Å². The van der Waals surface area contributed by atoms with E-state index in [1.807, 2.05) is 0 Å². The van der Waals surface area contributed by atoms with E-state index in [9.17, 15) is 14.4 Å². The third-order valence-electron chi connectivity index (χ3n) is 1.94. The summed E-state index contributed by atoms with van der Waals surface area (Å²) in [5, 5.41) is 2.44. The molecule has 0 unspecified atom stereocenters. The van der Waals surface area contributed by atoms with Crippen LogP contribution in [0.5, 0.6) is 0 Å². The Morgan fingerprint density at radius 2 is 1.94 bits per heavy atom. The average Bonchev–Trinajstić information content (AvgIpc) is 2.17. The van der Waals surface area contributed by atoms with Crippen molar-refractivity contribution in [3.05, 3.63) is 0 Å². The summed E-state index contributed by atoms with van der Waals surface area (Å²) in [6, 6.07) is -0.701. The first-order valence-corrected chi connectivity index (χ1v) is 5.06. The van der Waals surface area contributed by atoms with Crippen LogP contribution in [0.3, 0.4) is 0 Å². The molecule has 0 rings (SSSR count). The summed E-state index contributed by atoms with van der Waals surface area (Å²) < 4.78 is 4.72. The van der Waals surface area contributed by atoms with Crippen molar-refractivity contribution >= 4 is 17.8 Å². The standard InChI is InChI=1S/C10H18N2O4/c1-5-16-10(15)7(2)11-9(14)6-12(4)8(3)13/h7H,5-6H2,1-4H3,(H,11,14)/t7-/m0/s1. The van der Waals surface area contributed by atoms with E-state index in [4.69, 9.17) is 4.74 Å². The van der Waals surface area contributed by atoms with Gasteiger partial charge in [0.2, 0.25) is 11.8 Å². The van der Waals surface area contributed by atoms with Crippen molar-refractivity contribution in [2.45, 2.75) is 26.8 Å². The van der Waals surface area contributed by atoms with E-state index < -0.39 is 17.9 Å². The fourth-order valence-electron chi connectivity index (χ4n) is 0.940.